The van der Waals surface area contributed by atoms with Gasteiger partial charge in [0.1, 0.15) is 11.5 Å². The van der Waals surface area contributed by atoms with Gasteiger partial charge in [0, 0.05) is 6.07 Å². The minimum absolute atomic E-state index is 0.178. The van der Waals surface area contributed by atoms with E-state index in [-0.39, 0.29) is 5.69 Å². The molecule has 0 radical (unpaired) electrons. The molecule has 0 atom stereocenters. The van der Waals surface area contributed by atoms with E-state index in [0.29, 0.717) is 0 Å². The standard InChI is InChI=1S/C10H7F3N2O/c11-6-2-1-3-7(4-6)15-9(16)5-8(14-15)10(12)13/h1-5,10,14H. The zero-order valence-corrected chi connectivity index (χ0v) is 7.95. The number of hydrogen-bond acceptors (Lipinski definition) is 1. The molecule has 0 fully saturated rings. The molecule has 0 unspecified atom stereocenters. The molecule has 0 saturated heterocycles. The molecule has 0 spiro atoms. The molecule has 3 nitrogen and oxygen atoms in total. The van der Waals surface area contributed by atoms with Gasteiger partial charge in [0.2, 0.25) is 0 Å². The van der Waals surface area contributed by atoms with Crippen LogP contribution in [0.5, 0.6) is 0 Å². The third-order valence-corrected chi connectivity index (χ3v) is 2.04. The average Bonchev–Trinajstić information content (AvgIpc) is 2.60. The van der Waals surface area contributed by atoms with Crippen molar-refractivity contribution in [2.45, 2.75) is 6.43 Å². The van der Waals surface area contributed by atoms with Gasteiger partial charge in [0.25, 0.3) is 12.0 Å². The largest absolute Gasteiger partial charge is 0.289 e. The molecule has 0 aliphatic carbocycles. The minimum atomic E-state index is -2.76. The SMILES string of the molecule is O=c1cc(C(F)F)[nH]n1-c1cccc(F)c1. The highest BCUT2D eigenvalue weighted by Gasteiger charge is 2.13. The van der Waals surface area contributed by atoms with E-state index in [1.165, 1.54) is 18.2 Å². The molecule has 84 valence electrons. The smallest absolute Gasteiger partial charge is 0.279 e. The summed E-state index contributed by atoms with van der Waals surface area (Å²) in [4.78, 5) is 11.3. The van der Waals surface area contributed by atoms with Crippen molar-refractivity contribution in [3.05, 3.63) is 52.2 Å². The van der Waals surface area contributed by atoms with Crippen molar-refractivity contribution in [1.29, 1.82) is 0 Å². The topological polar surface area (TPSA) is 37.8 Å². The zero-order chi connectivity index (χ0) is 11.7. The summed E-state index contributed by atoms with van der Waals surface area (Å²) in [7, 11) is 0. The summed E-state index contributed by atoms with van der Waals surface area (Å²) in [5, 5.41) is 2.21. The van der Waals surface area contributed by atoms with Gasteiger partial charge in [0.05, 0.1) is 5.69 Å². The molecule has 1 heterocycles. The summed E-state index contributed by atoms with van der Waals surface area (Å²) >= 11 is 0. The number of aromatic amines is 1. The van der Waals surface area contributed by atoms with Gasteiger partial charge in [-0.05, 0) is 18.2 Å². The van der Waals surface area contributed by atoms with Crippen molar-refractivity contribution in [1.82, 2.24) is 9.78 Å². The molecule has 0 aliphatic rings. The predicted molar refractivity (Wildman–Crippen MR) is 51.3 cm³/mol. The van der Waals surface area contributed by atoms with Crippen LogP contribution in [0.15, 0.2) is 35.1 Å². The second kappa shape index (κ2) is 3.88. The molecule has 0 amide bonds. The summed E-state index contributed by atoms with van der Waals surface area (Å²) in [6.07, 6.45) is -2.76. The van der Waals surface area contributed by atoms with Crippen LogP contribution < -0.4 is 5.56 Å². The van der Waals surface area contributed by atoms with Gasteiger partial charge in [-0.3, -0.25) is 9.89 Å². The Morgan fingerprint density at radius 1 is 1.25 bits per heavy atom. The number of nitrogens with zero attached hydrogens (tertiary/aromatic N) is 1. The normalized spacial score (nSPS) is 11.0. The van der Waals surface area contributed by atoms with E-state index < -0.39 is 23.5 Å². The fraction of sp³-hybridized carbons (Fsp3) is 0.100. The molecular weight excluding hydrogens is 221 g/mol. The monoisotopic (exact) mass is 228 g/mol. The summed E-state index contributed by atoms with van der Waals surface area (Å²) < 4.78 is 38.3. The van der Waals surface area contributed by atoms with E-state index in [1.807, 2.05) is 0 Å². The fourth-order valence-electron chi connectivity index (χ4n) is 1.33. The Labute approximate surface area is 88.1 Å². The quantitative estimate of drug-likeness (QED) is 0.840. The maximum Gasteiger partial charge on any atom is 0.279 e. The fourth-order valence-corrected chi connectivity index (χ4v) is 1.33. The summed E-state index contributed by atoms with van der Waals surface area (Å²) in [6.45, 7) is 0. The first kappa shape index (κ1) is 10.5. The zero-order valence-electron chi connectivity index (χ0n) is 7.95. The Balaban J connectivity index is 2.52. The minimum Gasteiger partial charge on any atom is -0.289 e. The van der Waals surface area contributed by atoms with Gasteiger partial charge in [0.15, 0.2) is 0 Å². The molecule has 0 bridgehead atoms. The van der Waals surface area contributed by atoms with E-state index in [2.05, 4.69) is 5.10 Å². The lowest BCUT2D eigenvalue weighted by Crippen LogP contribution is -2.13. The lowest BCUT2D eigenvalue weighted by Gasteiger charge is -2.01. The number of H-pyrrole nitrogens is 1. The number of alkyl halides is 2. The van der Waals surface area contributed by atoms with Gasteiger partial charge in [-0.15, -0.1) is 0 Å². The summed E-state index contributed by atoms with van der Waals surface area (Å²) in [5.41, 5.74) is -0.966. The van der Waals surface area contributed by atoms with Gasteiger partial charge in [-0.25, -0.2) is 17.9 Å². The lowest BCUT2D eigenvalue weighted by atomic mass is 10.3. The Bertz CT molecular complexity index is 559. The first-order valence-electron chi connectivity index (χ1n) is 4.44. The molecule has 16 heavy (non-hydrogen) atoms. The molecular formula is C10H7F3N2O. The molecule has 6 heteroatoms. The van der Waals surface area contributed by atoms with E-state index in [4.69, 9.17) is 0 Å². The maximum atomic E-state index is 12.9. The van der Waals surface area contributed by atoms with Crippen LogP contribution in [0.3, 0.4) is 0 Å². The molecule has 1 N–H and O–H groups in total. The van der Waals surface area contributed by atoms with Crippen LogP contribution in [0.4, 0.5) is 13.2 Å². The Hall–Kier alpha value is -1.98. The first-order chi connectivity index (χ1) is 7.58. The lowest BCUT2D eigenvalue weighted by molar-refractivity contribution is 0.145. The number of aromatic nitrogens is 2. The maximum absolute atomic E-state index is 12.9. The highest BCUT2D eigenvalue weighted by Crippen LogP contribution is 2.15. The second-order valence-corrected chi connectivity index (χ2v) is 3.17. The molecule has 2 aromatic rings. The number of benzene rings is 1. The van der Waals surface area contributed by atoms with Crippen LogP contribution in [0, 0.1) is 5.82 Å². The number of nitrogens with one attached hydrogen (secondary N) is 1. The van der Waals surface area contributed by atoms with Crippen molar-refractivity contribution in [2.75, 3.05) is 0 Å². The van der Waals surface area contributed by atoms with Crippen molar-refractivity contribution < 1.29 is 13.2 Å². The highest BCUT2D eigenvalue weighted by atomic mass is 19.3. The third-order valence-electron chi connectivity index (χ3n) is 2.04. The van der Waals surface area contributed by atoms with E-state index in [9.17, 15) is 18.0 Å². The molecule has 1 aromatic heterocycles. The molecule has 2 rings (SSSR count). The first-order valence-corrected chi connectivity index (χ1v) is 4.44. The van der Waals surface area contributed by atoms with Gasteiger partial charge in [-0.1, -0.05) is 6.07 Å². The molecule has 0 saturated carbocycles. The molecule has 1 aromatic carbocycles. The van der Waals surface area contributed by atoms with Gasteiger partial charge >= 0.3 is 0 Å². The Kier molecular flexibility index (Phi) is 2.55. The summed E-state index contributed by atoms with van der Waals surface area (Å²) in [5.74, 6) is -0.544. The van der Waals surface area contributed by atoms with Crippen LogP contribution in [0.1, 0.15) is 12.1 Å². The Morgan fingerprint density at radius 3 is 2.56 bits per heavy atom. The van der Waals surface area contributed by atoms with E-state index in [1.54, 1.807) is 0 Å². The third kappa shape index (κ3) is 1.86. The van der Waals surface area contributed by atoms with Crippen molar-refractivity contribution in [3.8, 4) is 5.69 Å². The number of rotatable bonds is 2. The van der Waals surface area contributed by atoms with Crippen LogP contribution in [-0.2, 0) is 0 Å². The van der Waals surface area contributed by atoms with Gasteiger partial charge < -0.3 is 0 Å². The number of hydrogen-bond donors (Lipinski definition) is 1. The summed E-state index contributed by atoms with van der Waals surface area (Å²) in [6, 6.07) is 5.89. The average molecular weight is 228 g/mol. The Morgan fingerprint density at radius 2 is 2.00 bits per heavy atom. The van der Waals surface area contributed by atoms with Crippen molar-refractivity contribution in [2.24, 2.45) is 0 Å². The highest BCUT2D eigenvalue weighted by molar-refractivity contribution is 5.31. The predicted octanol–water partition coefficient (Wildman–Crippen LogP) is 2.24. The van der Waals surface area contributed by atoms with Crippen molar-refractivity contribution >= 4 is 0 Å². The van der Waals surface area contributed by atoms with Gasteiger partial charge in [-0.2, -0.15) is 0 Å². The van der Waals surface area contributed by atoms with Crippen LogP contribution >= 0.6 is 0 Å². The van der Waals surface area contributed by atoms with E-state index >= 15 is 0 Å². The van der Waals surface area contributed by atoms with Crippen LogP contribution in [0.2, 0.25) is 0 Å². The van der Waals surface area contributed by atoms with Crippen LogP contribution in [0.25, 0.3) is 5.69 Å². The second-order valence-electron chi connectivity index (χ2n) is 3.17. The molecule has 0 aliphatic heterocycles. The van der Waals surface area contributed by atoms with Crippen molar-refractivity contribution in [3.63, 3.8) is 0 Å². The van der Waals surface area contributed by atoms with E-state index in [0.717, 1.165) is 16.8 Å². The number of halogens is 3. The van der Waals surface area contributed by atoms with Crippen LogP contribution in [-0.4, -0.2) is 9.78 Å².